The molecule has 182 valence electrons. The summed E-state index contributed by atoms with van der Waals surface area (Å²) in [5.41, 5.74) is 1.34. The third-order valence-electron chi connectivity index (χ3n) is 6.68. The molecule has 1 saturated heterocycles. The van der Waals surface area contributed by atoms with Gasteiger partial charge in [-0.3, -0.25) is 14.1 Å². The van der Waals surface area contributed by atoms with Crippen molar-refractivity contribution in [1.82, 2.24) is 15.5 Å². The number of nitrogens with one attached hydrogen (secondary N) is 2. The summed E-state index contributed by atoms with van der Waals surface area (Å²) in [5.74, 6) is 3.26. The Balaban J connectivity index is 0.00000363. The van der Waals surface area contributed by atoms with E-state index in [0.717, 1.165) is 69.3 Å². The first kappa shape index (κ1) is 27.4. The zero-order chi connectivity index (χ0) is 22.1. The highest BCUT2D eigenvalue weighted by molar-refractivity contribution is 14.0. The molecule has 1 saturated carbocycles. The Morgan fingerprint density at radius 2 is 1.91 bits per heavy atom. The maximum atomic E-state index is 12.2. The van der Waals surface area contributed by atoms with Crippen LogP contribution in [0.3, 0.4) is 0 Å². The van der Waals surface area contributed by atoms with Crippen molar-refractivity contribution in [3.63, 3.8) is 0 Å². The van der Waals surface area contributed by atoms with Crippen LogP contribution in [0.25, 0.3) is 0 Å². The van der Waals surface area contributed by atoms with Crippen LogP contribution >= 0.6 is 24.0 Å². The minimum atomic E-state index is -0.690. The van der Waals surface area contributed by atoms with Crippen LogP contribution in [0.5, 0.6) is 5.75 Å². The van der Waals surface area contributed by atoms with E-state index >= 15 is 0 Å². The predicted molar refractivity (Wildman–Crippen MR) is 146 cm³/mol. The number of rotatable bonds is 8. The Labute approximate surface area is 213 Å². The van der Waals surface area contributed by atoms with E-state index in [9.17, 15) is 4.21 Å². The van der Waals surface area contributed by atoms with Crippen molar-refractivity contribution in [2.45, 2.75) is 63.3 Å². The van der Waals surface area contributed by atoms with Crippen LogP contribution in [0.15, 0.2) is 29.3 Å². The lowest BCUT2D eigenvalue weighted by molar-refractivity contribution is 0.178. The lowest BCUT2D eigenvalue weighted by Crippen LogP contribution is -2.48. The average Bonchev–Trinajstić information content (AvgIpc) is 2.82. The van der Waals surface area contributed by atoms with Gasteiger partial charge >= 0.3 is 0 Å². The highest BCUT2D eigenvalue weighted by Gasteiger charge is 2.26. The van der Waals surface area contributed by atoms with Gasteiger partial charge < -0.3 is 15.4 Å². The smallest absolute Gasteiger partial charge is 0.191 e. The zero-order valence-electron chi connectivity index (χ0n) is 19.8. The quantitative estimate of drug-likeness (QED) is 0.280. The van der Waals surface area contributed by atoms with Crippen LogP contribution < -0.4 is 15.4 Å². The van der Waals surface area contributed by atoms with Gasteiger partial charge in [0.1, 0.15) is 5.75 Å². The summed E-state index contributed by atoms with van der Waals surface area (Å²) in [6, 6.07) is 8.78. The second-order valence-corrected chi connectivity index (χ2v) is 10.8. The SMILES string of the molecule is CCS(=O)C1CCCC(NC(=NC)NCC2CCN(Cc3ccc(OC)cc3)CC2)C1.I. The average molecular weight is 577 g/mol. The number of hydrogen-bond donors (Lipinski definition) is 2. The third-order valence-corrected chi connectivity index (χ3v) is 8.42. The molecule has 0 amide bonds. The lowest BCUT2D eigenvalue weighted by Gasteiger charge is -2.33. The van der Waals surface area contributed by atoms with Gasteiger partial charge in [-0.1, -0.05) is 25.5 Å². The van der Waals surface area contributed by atoms with Crippen molar-refractivity contribution in [2.75, 3.05) is 39.5 Å². The molecule has 1 heterocycles. The summed E-state index contributed by atoms with van der Waals surface area (Å²) >= 11 is 0. The molecule has 3 rings (SSSR count). The van der Waals surface area contributed by atoms with Crippen LogP contribution in [0.2, 0.25) is 0 Å². The number of hydrogen-bond acceptors (Lipinski definition) is 4. The van der Waals surface area contributed by atoms with Crippen molar-refractivity contribution >= 4 is 40.7 Å². The number of benzene rings is 1. The first-order chi connectivity index (χ1) is 15.1. The van der Waals surface area contributed by atoms with Crippen molar-refractivity contribution in [1.29, 1.82) is 0 Å². The number of aliphatic imine (C=N–C) groups is 1. The van der Waals surface area contributed by atoms with Crippen LogP contribution in [-0.2, 0) is 17.3 Å². The Morgan fingerprint density at radius 3 is 2.53 bits per heavy atom. The van der Waals surface area contributed by atoms with Gasteiger partial charge in [0, 0.05) is 48.0 Å². The molecule has 6 nitrogen and oxygen atoms in total. The highest BCUT2D eigenvalue weighted by Crippen LogP contribution is 2.23. The van der Waals surface area contributed by atoms with Gasteiger partial charge in [0.2, 0.25) is 0 Å². The van der Waals surface area contributed by atoms with Crippen LogP contribution in [0.4, 0.5) is 0 Å². The summed E-state index contributed by atoms with van der Waals surface area (Å²) in [7, 11) is 2.86. The fourth-order valence-electron chi connectivity index (χ4n) is 4.72. The minimum Gasteiger partial charge on any atom is -0.497 e. The van der Waals surface area contributed by atoms with E-state index in [0.29, 0.717) is 17.2 Å². The fourth-order valence-corrected chi connectivity index (χ4v) is 6.07. The standard InChI is InChI=1S/C24H40N4O2S.HI/c1-4-31(29)23-7-5-6-21(16-23)27-24(25-2)26-17-19-12-14-28(15-13-19)18-20-8-10-22(30-3)11-9-20;/h8-11,19,21,23H,4-7,12-18H2,1-3H3,(H2,25,26,27);1H. The Morgan fingerprint density at radius 1 is 1.19 bits per heavy atom. The molecule has 0 radical (unpaired) electrons. The summed E-state index contributed by atoms with van der Waals surface area (Å²) in [4.78, 5) is 6.98. The topological polar surface area (TPSA) is 66.0 Å². The minimum absolute atomic E-state index is 0. The molecule has 32 heavy (non-hydrogen) atoms. The maximum Gasteiger partial charge on any atom is 0.191 e. The number of likely N-dealkylation sites (tertiary alicyclic amines) is 1. The van der Waals surface area contributed by atoms with E-state index in [1.807, 2.05) is 26.1 Å². The molecule has 0 bridgehead atoms. The molecule has 0 aromatic heterocycles. The molecular weight excluding hydrogens is 535 g/mol. The Hall–Kier alpha value is -0.870. The van der Waals surface area contributed by atoms with Gasteiger partial charge in [-0.15, -0.1) is 24.0 Å². The number of methoxy groups -OCH3 is 1. The molecule has 1 aliphatic heterocycles. The van der Waals surface area contributed by atoms with Crippen molar-refractivity contribution < 1.29 is 8.95 Å². The Kier molecular flexibility index (Phi) is 12.3. The van der Waals surface area contributed by atoms with Gasteiger partial charge in [0.15, 0.2) is 5.96 Å². The molecule has 1 aromatic rings. The number of piperidine rings is 1. The molecule has 8 heteroatoms. The lowest BCUT2D eigenvalue weighted by atomic mass is 9.95. The van der Waals surface area contributed by atoms with Gasteiger partial charge in [0.25, 0.3) is 0 Å². The number of nitrogens with zero attached hydrogens (tertiary/aromatic N) is 2. The number of ether oxygens (including phenoxy) is 1. The van der Waals surface area contributed by atoms with Crippen LogP contribution in [0, 0.1) is 5.92 Å². The fraction of sp³-hybridized carbons (Fsp3) is 0.708. The molecule has 3 atom stereocenters. The highest BCUT2D eigenvalue weighted by atomic mass is 127. The monoisotopic (exact) mass is 576 g/mol. The molecule has 1 aliphatic carbocycles. The van der Waals surface area contributed by atoms with E-state index in [-0.39, 0.29) is 24.0 Å². The maximum absolute atomic E-state index is 12.2. The van der Waals surface area contributed by atoms with Crippen molar-refractivity contribution in [3.05, 3.63) is 29.8 Å². The van der Waals surface area contributed by atoms with Gasteiger partial charge in [0.05, 0.1) is 7.11 Å². The predicted octanol–water partition coefficient (Wildman–Crippen LogP) is 3.77. The molecule has 1 aromatic carbocycles. The first-order valence-corrected chi connectivity index (χ1v) is 13.2. The van der Waals surface area contributed by atoms with Gasteiger partial charge in [-0.25, -0.2) is 0 Å². The summed E-state index contributed by atoms with van der Waals surface area (Å²) in [5, 5.41) is 7.48. The molecular formula is C24H41IN4O2S. The number of halogens is 1. The normalized spacial score (nSPS) is 23.8. The van der Waals surface area contributed by atoms with Gasteiger partial charge in [-0.05, 0) is 68.8 Å². The summed E-state index contributed by atoms with van der Waals surface area (Å²) in [6.45, 7) is 6.27. The molecule has 2 aliphatic rings. The third kappa shape index (κ3) is 8.48. The second-order valence-electron chi connectivity index (χ2n) is 8.82. The van der Waals surface area contributed by atoms with Crippen molar-refractivity contribution in [3.8, 4) is 5.75 Å². The summed E-state index contributed by atoms with van der Waals surface area (Å²) < 4.78 is 17.4. The first-order valence-electron chi connectivity index (χ1n) is 11.8. The van der Waals surface area contributed by atoms with E-state index in [4.69, 9.17) is 4.74 Å². The van der Waals surface area contributed by atoms with Crippen LogP contribution in [-0.4, -0.2) is 65.9 Å². The zero-order valence-corrected chi connectivity index (χ0v) is 23.0. The van der Waals surface area contributed by atoms with E-state index in [1.54, 1.807) is 7.11 Å². The van der Waals surface area contributed by atoms with E-state index in [2.05, 4.69) is 32.7 Å². The van der Waals surface area contributed by atoms with Crippen molar-refractivity contribution in [2.24, 2.45) is 10.9 Å². The van der Waals surface area contributed by atoms with Crippen LogP contribution in [0.1, 0.15) is 51.0 Å². The second kappa shape index (κ2) is 14.4. The largest absolute Gasteiger partial charge is 0.497 e. The van der Waals surface area contributed by atoms with E-state index in [1.165, 1.54) is 18.4 Å². The summed E-state index contributed by atoms with van der Waals surface area (Å²) in [6.07, 6.45) is 6.80. The van der Waals surface area contributed by atoms with Gasteiger partial charge in [-0.2, -0.15) is 0 Å². The number of guanidine groups is 1. The molecule has 2 fully saturated rings. The molecule has 0 spiro atoms. The Bertz CT molecular complexity index is 723. The molecule has 3 unspecified atom stereocenters. The molecule has 2 N–H and O–H groups in total. The van der Waals surface area contributed by atoms with E-state index < -0.39 is 10.8 Å².